The van der Waals surface area contributed by atoms with E-state index in [-0.39, 0.29) is 16.8 Å². The molecule has 21 heavy (non-hydrogen) atoms. The Morgan fingerprint density at radius 1 is 1.10 bits per heavy atom. The van der Waals surface area contributed by atoms with Gasteiger partial charge in [-0.15, -0.1) is 0 Å². The van der Waals surface area contributed by atoms with Gasteiger partial charge in [0.05, 0.1) is 5.56 Å². The Balaban J connectivity index is 2.31. The van der Waals surface area contributed by atoms with Gasteiger partial charge in [0.2, 0.25) is 0 Å². The van der Waals surface area contributed by atoms with Crippen molar-refractivity contribution in [3.05, 3.63) is 64.2 Å². The lowest BCUT2D eigenvalue weighted by Crippen LogP contribution is -2.13. The summed E-state index contributed by atoms with van der Waals surface area (Å²) in [4.78, 5) is 0. The SMILES string of the molecule is Cc1cccc(C(C)Nc2ccc(Cl)cc2C(F)(F)F)c1. The van der Waals surface area contributed by atoms with Gasteiger partial charge in [-0.2, -0.15) is 13.2 Å². The first-order valence-electron chi connectivity index (χ1n) is 6.47. The van der Waals surface area contributed by atoms with Crippen molar-refractivity contribution in [2.45, 2.75) is 26.1 Å². The number of rotatable bonds is 3. The van der Waals surface area contributed by atoms with E-state index in [1.165, 1.54) is 12.1 Å². The molecule has 1 N–H and O–H groups in total. The molecule has 0 aromatic heterocycles. The highest BCUT2D eigenvalue weighted by atomic mass is 35.5. The Bertz CT molecular complexity index is 638. The second-order valence-electron chi connectivity index (χ2n) is 4.97. The van der Waals surface area contributed by atoms with Crippen LogP contribution in [0.3, 0.4) is 0 Å². The van der Waals surface area contributed by atoms with Crippen LogP contribution in [0, 0.1) is 6.92 Å². The molecule has 0 bridgehead atoms. The maximum absolute atomic E-state index is 13.0. The molecule has 0 aliphatic carbocycles. The molecular weight excluding hydrogens is 299 g/mol. The lowest BCUT2D eigenvalue weighted by molar-refractivity contribution is -0.137. The van der Waals surface area contributed by atoms with Crippen molar-refractivity contribution >= 4 is 17.3 Å². The average Bonchev–Trinajstić information content (AvgIpc) is 2.39. The minimum absolute atomic E-state index is 0.0286. The summed E-state index contributed by atoms with van der Waals surface area (Å²) >= 11 is 5.67. The fourth-order valence-corrected chi connectivity index (χ4v) is 2.31. The maximum atomic E-state index is 13.0. The quantitative estimate of drug-likeness (QED) is 0.750. The van der Waals surface area contributed by atoms with Gasteiger partial charge in [-0.1, -0.05) is 41.4 Å². The fourth-order valence-electron chi connectivity index (χ4n) is 2.13. The number of nitrogens with one attached hydrogen (secondary N) is 1. The van der Waals surface area contributed by atoms with Crippen LogP contribution in [-0.2, 0) is 6.18 Å². The molecule has 1 unspecified atom stereocenters. The molecule has 2 aromatic carbocycles. The van der Waals surface area contributed by atoms with E-state index in [2.05, 4.69) is 5.32 Å². The largest absolute Gasteiger partial charge is 0.418 e. The monoisotopic (exact) mass is 313 g/mol. The van der Waals surface area contributed by atoms with Gasteiger partial charge in [0, 0.05) is 16.8 Å². The van der Waals surface area contributed by atoms with Crippen LogP contribution in [0.5, 0.6) is 0 Å². The molecule has 112 valence electrons. The first kappa shape index (κ1) is 15.7. The van der Waals surface area contributed by atoms with Crippen LogP contribution < -0.4 is 5.32 Å². The number of hydrogen-bond donors (Lipinski definition) is 1. The van der Waals surface area contributed by atoms with Gasteiger partial charge in [-0.05, 0) is 37.6 Å². The van der Waals surface area contributed by atoms with Gasteiger partial charge in [0.25, 0.3) is 0 Å². The van der Waals surface area contributed by atoms with Crippen molar-refractivity contribution in [2.24, 2.45) is 0 Å². The third-order valence-electron chi connectivity index (χ3n) is 3.20. The number of aryl methyl sites for hydroxylation is 1. The van der Waals surface area contributed by atoms with Crippen LogP contribution in [0.15, 0.2) is 42.5 Å². The maximum Gasteiger partial charge on any atom is 0.418 e. The van der Waals surface area contributed by atoms with Crippen molar-refractivity contribution < 1.29 is 13.2 Å². The Labute approximate surface area is 126 Å². The topological polar surface area (TPSA) is 12.0 Å². The summed E-state index contributed by atoms with van der Waals surface area (Å²) in [5, 5.41) is 2.97. The van der Waals surface area contributed by atoms with Gasteiger partial charge in [0.15, 0.2) is 0 Å². The first-order chi connectivity index (χ1) is 9.77. The van der Waals surface area contributed by atoms with Gasteiger partial charge in [-0.25, -0.2) is 0 Å². The summed E-state index contributed by atoms with van der Waals surface area (Å²) in [7, 11) is 0. The summed E-state index contributed by atoms with van der Waals surface area (Å²) in [6, 6.07) is 11.2. The second-order valence-corrected chi connectivity index (χ2v) is 5.40. The summed E-state index contributed by atoms with van der Waals surface area (Å²) < 4.78 is 39.1. The van der Waals surface area contributed by atoms with Crippen LogP contribution in [-0.4, -0.2) is 0 Å². The van der Waals surface area contributed by atoms with Crippen molar-refractivity contribution in [2.75, 3.05) is 5.32 Å². The van der Waals surface area contributed by atoms with E-state index < -0.39 is 11.7 Å². The average molecular weight is 314 g/mol. The van der Waals surface area contributed by atoms with Crippen molar-refractivity contribution in [1.82, 2.24) is 0 Å². The van der Waals surface area contributed by atoms with Gasteiger partial charge >= 0.3 is 6.18 Å². The molecule has 0 aliphatic heterocycles. The van der Waals surface area contributed by atoms with E-state index in [0.29, 0.717) is 0 Å². The van der Waals surface area contributed by atoms with Crippen LogP contribution in [0.2, 0.25) is 5.02 Å². The third-order valence-corrected chi connectivity index (χ3v) is 3.44. The highest BCUT2D eigenvalue weighted by Crippen LogP contribution is 2.37. The van der Waals surface area contributed by atoms with Gasteiger partial charge < -0.3 is 5.32 Å². The lowest BCUT2D eigenvalue weighted by atomic mass is 10.0. The zero-order valence-corrected chi connectivity index (χ0v) is 12.4. The fraction of sp³-hybridized carbons (Fsp3) is 0.250. The summed E-state index contributed by atoms with van der Waals surface area (Å²) in [5.74, 6) is 0. The molecule has 0 fully saturated rings. The van der Waals surface area contributed by atoms with E-state index in [4.69, 9.17) is 11.6 Å². The Morgan fingerprint density at radius 3 is 2.43 bits per heavy atom. The van der Waals surface area contributed by atoms with Crippen molar-refractivity contribution in [3.63, 3.8) is 0 Å². The molecule has 0 spiro atoms. The zero-order chi connectivity index (χ0) is 15.6. The lowest BCUT2D eigenvalue weighted by Gasteiger charge is -2.20. The Hall–Kier alpha value is -1.68. The summed E-state index contributed by atoms with van der Waals surface area (Å²) in [6.45, 7) is 3.77. The third kappa shape index (κ3) is 3.91. The van der Waals surface area contributed by atoms with Crippen LogP contribution in [0.25, 0.3) is 0 Å². The van der Waals surface area contributed by atoms with Crippen LogP contribution >= 0.6 is 11.6 Å². The normalized spacial score (nSPS) is 13.0. The molecule has 1 atom stereocenters. The Morgan fingerprint density at radius 2 is 1.81 bits per heavy atom. The van der Waals surface area contributed by atoms with E-state index in [1.807, 2.05) is 38.1 Å². The number of hydrogen-bond acceptors (Lipinski definition) is 1. The highest BCUT2D eigenvalue weighted by molar-refractivity contribution is 6.30. The molecule has 0 saturated heterocycles. The molecule has 0 aliphatic rings. The van der Waals surface area contributed by atoms with Crippen LogP contribution in [0.1, 0.15) is 29.7 Å². The minimum atomic E-state index is -4.44. The standard InChI is InChI=1S/C16H15ClF3N/c1-10-4-3-5-12(8-10)11(2)21-15-7-6-13(17)9-14(15)16(18,19)20/h3-9,11,21H,1-2H3. The molecule has 0 amide bonds. The van der Waals surface area contributed by atoms with Crippen molar-refractivity contribution in [3.8, 4) is 0 Å². The van der Waals surface area contributed by atoms with E-state index in [9.17, 15) is 13.2 Å². The molecule has 0 heterocycles. The smallest absolute Gasteiger partial charge is 0.378 e. The molecular formula is C16H15ClF3N. The van der Waals surface area contributed by atoms with Crippen LogP contribution in [0.4, 0.5) is 18.9 Å². The minimum Gasteiger partial charge on any atom is -0.378 e. The number of anilines is 1. The Kier molecular flexibility index (Phi) is 4.47. The van der Waals surface area contributed by atoms with E-state index >= 15 is 0 Å². The number of alkyl halides is 3. The summed E-state index contributed by atoms with van der Waals surface area (Å²) in [6.07, 6.45) is -4.44. The molecule has 5 heteroatoms. The molecule has 0 saturated carbocycles. The molecule has 2 aromatic rings. The van der Waals surface area contributed by atoms with Gasteiger partial charge in [0.1, 0.15) is 0 Å². The van der Waals surface area contributed by atoms with Gasteiger partial charge in [-0.3, -0.25) is 0 Å². The molecule has 1 nitrogen and oxygen atoms in total. The second kappa shape index (κ2) is 5.98. The molecule has 0 radical (unpaired) electrons. The summed E-state index contributed by atoms with van der Waals surface area (Å²) in [5.41, 5.74) is 1.27. The van der Waals surface area contributed by atoms with Crippen molar-refractivity contribution in [1.29, 1.82) is 0 Å². The highest BCUT2D eigenvalue weighted by Gasteiger charge is 2.34. The number of halogens is 4. The van der Waals surface area contributed by atoms with E-state index in [0.717, 1.165) is 17.2 Å². The number of benzene rings is 2. The molecule has 2 rings (SSSR count). The first-order valence-corrected chi connectivity index (χ1v) is 6.85. The zero-order valence-electron chi connectivity index (χ0n) is 11.6. The van der Waals surface area contributed by atoms with E-state index in [1.54, 1.807) is 0 Å². The predicted molar refractivity (Wildman–Crippen MR) is 79.7 cm³/mol. The predicted octanol–water partition coefficient (Wildman–Crippen LogP) is 5.84.